The molecular weight excluding hydrogens is 184 g/mol. The summed E-state index contributed by atoms with van der Waals surface area (Å²) in [6, 6.07) is 2.03. The summed E-state index contributed by atoms with van der Waals surface area (Å²) in [5, 5.41) is 0. The molecule has 1 heterocycles. The Balaban J connectivity index is 2.25. The number of hydrogen-bond acceptors (Lipinski definition) is 1. The van der Waals surface area contributed by atoms with Crippen molar-refractivity contribution < 1.29 is 0 Å². The van der Waals surface area contributed by atoms with E-state index in [1.807, 2.05) is 19.2 Å². The Hall–Kier alpha value is -1.36. The van der Waals surface area contributed by atoms with Crippen LogP contribution in [-0.2, 0) is 0 Å². The van der Waals surface area contributed by atoms with E-state index in [1.54, 1.807) is 0 Å². The van der Waals surface area contributed by atoms with Crippen molar-refractivity contribution in [1.82, 2.24) is 4.98 Å². The van der Waals surface area contributed by atoms with Crippen LogP contribution >= 0.6 is 0 Å². The predicted octanol–water partition coefficient (Wildman–Crippen LogP) is 3.99. The van der Waals surface area contributed by atoms with Crippen LogP contribution in [0.3, 0.4) is 0 Å². The van der Waals surface area contributed by atoms with Crippen LogP contribution in [0.25, 0.3) is 4.85 Å². The zero-order chi connectivity index (χ0) is 10.7. The summed E-state index contributed by atoms with van der Waals surface area (Å²) in [7, 11) is 0. The van der Waals surface area contributed by atoms with E-state index < -0.39 is 0 Å². The smallest absolute Gasteiger partial charge is 0.208 e. The molecule has 0 aromatic carbocycles. The lowest BCUT2D eigenvalue weighted by molar-refractivity contribution is 0.443. The summed E-state index contributed by atoms with van der Waals surface area (Å²) in [6.07, 6.45) is 8.51. The molecule has 0 saturated heterocycles. The van der Waals surface area contributed by atoms with E-state index >= 15 is 0 Å². The Bertz CT molecular complexity index is 384. The van der Waals surface area contributed by atoms with Gasteiger partial charge in [0.1, 0.15) is 0 Å². The van der Waals surface area contributed by atoms with Gasteiger partial charge in [0.25, 0.3) is 0 Å². The van der Waals surface area contributed by atoms with Crippen LogP contribution in [0, 0.1) is 13.5 Å². The van der Waals surface area contributed by atoms with Gasteiger partial charge in [0, 0.05) is 11.9 Å². The van der Waals surface area contributed by atoms with Gasteiger partial charge in [-0.3, -0.25) is 4.98 Å². The molecule has 2 nitrogen and oxygen atoms in total. The van der Waals surface area contributed by atoms with E-state index in [9.17, 15) is 0 Å². The predicted molar refractivity (Wildman–Crippen MR) is 61.1 cm³/mol. The molecule has 1 aromatic rings. The second-order valence-electron chi connectivity index (χ2n) is 4.32. The number of hydrogen-bond donors (Lipinski definition) is 0. The highest BCUT2D eigenvalue weighted by Gasteiger charge is 2.16. The summed E-state index contributed by atoms with van der Waals surface area (Å²) < 4.78 is 0. The van der Waals surface area contributed by atoms with Gasteiger partial charge in [0.2, 0.25) is 5.69 Å². The molecule has 2 rings (SSSR count). The molecule has 0 aliphatic heterocycles. The molecule has 2 heteroatoms. The largest absolute Gasteiger partial charge is 0.273 e. The van der Waals surface area contributed by atoms with E-state index in [1.165, 1.54) is 37.7 Å². The fraction of sp³-hybridized carbons (Fsp3) is 0.538. The third kappa shape index (κ3) is 2.18. The topological polar surface area (TPSA) is 17.2 Å². The Morgan fingerprint density at radius 2 is 2.07 bits per heavy atom. The Labute approximate surface area is 91.2 Å². The van der Waals surface area contributed by atoms with E-state index in [0.29, 0.717) is 5.92 Å². The molecule has 0 unspecified atom stereocenters. The van der Waals surface area contributed by atoms with E-state index in [4.69, 9.17) is 6.57 Å². The van der Waals surface area contributed by atoms with Crippen LogP contribution in [-0.4, -0.2) is 4.98 Å². The van der Waals surface area contributed by atoms with Crippen LogP contribution in [0.4, 0.5) is 5.69 Å². The zero-order valence-electron chi connectivity index (χ0n) is 9.16. The van der Waals surface area contributed by atoms with Crippen molar-refractivity contribution in [2.45, 2.75) is 44.9 Å². The highest BCUT2D eigenvalue weighted by atomic mass is 14.8. The first-order valence-corrected chi connectivity index (χ1v) is 5.65. The minimum absolute atomic E-state index is 0.646. The fourth-order valence-electron chi connectivity index (χ4n) is 2.31. The number of rotatable bonds is 1. The number of pyridine rings is 1. The van der Waals surface area contributed by atoms with Gasteiger partial charge in [-0.25, -0.2) is 4.85 Å². The van der Waals surface area contributed by atoms with Crippen molar-refractivity contribution in [1.29, 1.82) is 0 Å². The molecule has 1 aliphatic carbocycles. The van der Waals surface area contributed by atoms with Gasteiger partial charge < -0.3 is 0 Å². The van der Waals surface area contributed by atoms with Crippen molar-refractivity contribution >= 4 is 5.69 Å². The van der Waals surface area contributed by atoms with Crippen molar-refractivity contribution in [3.63, 3.8) is 0 Å². The fourth-order valence-corrected chi connectivity index (χ4v) is 2.31. The molecule has 1 aliphatic rings. The molecule has 1 saturated carbocycles. The van der Waals surface area contributed by atoms with Gasteiger partial charge in [-0.1, -0.05) is 19.3 Å². The van der Waals surface area contributed by atoms with Crippen LogP contribution in [0.2, 0.25) is 0 Å². The van der Waals surface area contributed by atoms with Crippen molar-refractivity contribution in [3.05, 3.63) is 34.9 Å². The summed E-state index contributed by atoms with van der Waals surface area (Å²) in [5.41, 5.74) is 2.84. The van der Waals surface area contributed by atoms with E-state index in [-0.39, 0.29) is 0 Å². The van der Waals surface area contributed by atoms with Crippen molar-refractivity contribution in [2.24, 2.45) is 0 Å². The molecule has 0 N–H and O–H groups in total. The molecule has 0 spiro atoms. The first-order chi connectivity index (χ1) is 7.31. The normalized spacial score (nSPS) is 17.3. The van der Waals surface area contributed by atoms with Gasteiger partial charge in [-0.2, -0.15) is 0 Å². The van der Waals surface area contributed by atoms with Gasteiger partial charge in [0.05, 0.1) is 6.57 Å². The molecule has 0 radical (unpaired) electrons. The minimum Gasteiger partial charge on any atom is -0.273 e. The summed E-state index contributed by atoms with van der Waals surface area (Å²) in [5.74, 6) is 0.646. The highest BCUT2D eigenvalue weighted by molar-refractivity contribution is 5.50. The standard InChI is InChI=1S/C13H16N2/c1-10-13(14-2)8-12(9-15-10)11-6-4-3-5-7-11/h8-9,11H,3-7H2,1H3. The number of aryl methyl sites for hydroxylation is 1. The van der Waals surface area contributed by atoms with Crippen LogP contribution < -0.4 is 0 Å². The third-order valence-corrected chi connectivity index (χ3v) is 3.28. The number of aromatic nitrogens is 1. The maximum absolute atomic E-state index is 7.08. The molecule has 15 heavy (non-hydrogen) atoms. The summed E-state index contributed by atoms with van der Waals surface area (Å²) in [6.45, 7) is 8.98. The molecule has 1 fully saturated rings. The lowest BCUT2D eigenvalue weighted by Gasteiger charge is -2.22. The van der Waals surface area contributed by atoms with Crippen LogP contribution in [0.5, 0.6) is 0 Å². The Morgan fingerprint density at radius 3 is 2.73 bits per heavy atom. The SMILES string of the molecule is [C-]#[N+]c1cc(C2CCCCC2)cnc1C. The molecule has 1 aromatic heterocycles. The Kier molecular flexibility index (Phi) is 3.01. The van der Waals surface area contributed by atoms with E-state index in [2.05, 4.69) is 9.83 Å². The molecule has 0 amide bonds. The molecule has 78 valence electrons. The third-order valence-electron chi connectivity index (χ3n) is 3.28. The lowest BCUT2D eigenvalue weighted by Crippen LogP contribution is -2.04. The second-order valence-corrected chi connectivity index (χ2v) is 4.32. The molecule has 0 atom stereocenters. The van der Waals surface area contributed by atoms with Gasteiger partial charge in [-0.15, -0.1) is 0 Å². The van der Waals surface area contributed by atoms with Crippen molar-refractivity contribution in [2.75, 3.05) is 0 Å². The zero-order valence-corrected chi connectivity index (χ0v) is 9.16. The average molecular weight is 200 g/mol. The van der Waals surface area contributed by atoms with Gasteiger partial charge in [0.15, 0.2) is 0 Å². The summed E-state index contributed by atoms with van der Waals surface area (Å²) in [4.78, 5) is 7.82. The summed E-state index contributed by atoms with van der Waals surface area (Å²) >= 11 is 0. The monoisotopic (exact) mass is 200 g/mol. The average Bonchev–Trinajstić information content (AvgIpc) is 2.31. The lowest BCUT2D eigenvalue weighted by atomic mass is 9.84. The second kappa shape index (κ2) is 4.44. The first-order valence-electron chi connectivity index (χ1n) is 5.65. The molecular formula is C13H16N2. The first kappa shape index (κ1) is 10.2. The van der Waals surface area contributed by atoms with Crippen LogP contribution in [0.1, 0.15) is 49.3 Å². The van der Waals surface area contributed by atoms with E-state index in [0.717, 1.165) is 11.4 Å². The number of nitrogens with zero attached hydrogens (tertiary/aromatic N) is 2. The van der Waals surface area contributed by atoms with Gasteiger partial charge >= 0.3 is 0 Å². The van der Waals surface area contributed by atoms with Crippen LogP contribution in [0.15, 0.2) is 12.3 Å². The minimum atomic E-state index is 0.646. The quantitative estimate of drug-likeness (QED) is 0.626. The maximum atomic E-state index is 7.08. The van der Waals surface area contributed by atoms with Crippen molar-refractivity contribution in [3.8, 4) is 0 Å². The maximum Gasteiger partial charge on any atom is 0.208 e. The highest BCUT2D eigenvalue weighted by Crippen LogP contribution is 2.34. The molecule has 0 bridgehead atoms. The van der Waals surface area contributed by atoms with Gasteiger partial charge in [-0.05, 0) is 37.3 Å². The Morgan fingerprint density at radius 1 is 1.33 bits per heavy atom.